The summed E-state index contributed by atoms with van der Waals surface area (Å²) in [6.45, 7) is 5.53. The quantitative estimate of drug-likeness (QED) is 0.669. The molecule has 0 atom stereocenters. The van der Waals surface area contributed by atoms with E-state index in [1.54, 1.807) is 6.07 Å². The van der Waals surface area contributed by atoms with Gasteiger partial charge in [0.05, 0.1) is 6.67 Å². The number of hydrogen-bond acceptors (Lipinski definition) is 4. The second-order valence-electron chi connectivity index (χ2n) is 7.75. The first-order chi connectivity index (χ1) is 13.5. The molecule has 2 aliphatic rings. The highest BCUT2D eigenvalue weighted by Gasteiger charge is 2.50. The summed E-state index contributed by atoms with van der Waals surface area (Å²) in [5, 5.41) is 5.92. The molecular formula is C21H31FN4O2. The lowest BCUT2D eigenvalue weighted by molar-refractivity contribution is -0.125. The van der Waals surface area contributed by atoms with Crippen LogP contribution in [0.1, 0.15) is 45.4 Å². The Kier molecular flexibility index (Phi) is 6.88. The van der Waals surface area contributed by atoms with Gasteiger partial charge in [0.2, 0.25) is 11.8 Å². The topological polar surface area (TPSA) is 64.7 Å². The number of amides is 2. The molecule has 3 rings (SSSR count). The zero-order valence-corrected chi connectivity index (χ0v) is 16.7. The molecule has 28 heavy (non-hydrogen) atoms. The minimum absolute atomic E-state index is 0.0284. The summed E-state index contributed by atoms with van der Waals surface area (Å²) in [4.78, 5) is 28.7. The van der Waals surface area contributed by atoms with Gasteiger partial charge in [-0.05, 0) is 37.5 Å². The summed E-state index contributed by atoms with van der Waals surface area (Å²) < 4.78 is 13.7. The van der Waals surface area contributed by atoms with Crippen molar-refractivity contribution >= 4 is 17.5 Å². The van der Waals surface area contributed by atoms with Crippen LogP contribution in [0.15, 0.2) is 24.3 Å². The van der Waals surface area contributed by atoms with Crippen molar-refractivity contribution in [3.05, 3.63) is 30.1 Å². The number of rotatable bonds is 8. The number of carbonyl (C=O) groups excluding carboxylic acids is 2. The highest BCUT2D eigenvalue weighted by Crippen LogP contribution is 2.36. The van der Waals surface area contributed by atoms with E-state index >= 15 is 0 Å². The maximum atomic E-state index is 13.7. The van der Waals surface area contributed by atoms with Crippen LogP contribution in [0.25, 0.3) is 0 Å². The van der Waals surface area contributed by atoms with E-state index in [9.17, 15) is 14.0 Å². The summed E-state index contributed by atoms with van der Waals surface area (Å²) in [6.07, 6.45) is 5.13. The van der Waals surface area contributed by atoms with Crippen LogP contribution < -0.4 is 15.5 Å². The predicted molar refractivity (Wildman–Crippen MR) is 107 cm³/mol. The average molecular weight is 391 g/mol. The van der Waals surface area contributed by atoms with Gasteiger partial charge in [0.25, 0.3) is 0 Å². The number of unbranched alkanes of at least 4 members (excludes halogenated alkanes) is 2. The summed E-state index contributed by atoms with van der Waals surface area (Å²) in [5.74, 6) is -0.144. The Morgan fingerprint density at radius 1 is 1.29 bits per heavy atom. The van der Waals surface area contributed by atoms with E-state index in [2.05, 4.69) is 22.5 Å². The summed E-state index contributed by atoms with van der Waals surface area (Å²) in [6, 6.07) is 6.44. The molecule has 2 heterocycles. The van der Waals surface area contributed by atoms with E-state index in [4.69, 9.17) is 0 Å². The molecule has 2 fully saturated rings. The molecule has 1 aromatic rings. The molecule has 1 spiro atoms. The van der Waals surface area contributed by atoms with E-state index in [0.29, 0.717) is 32.5 Å². The lowest BCUT2D eigenvalue weighted by Crippen LogP contribution is -2.57. The van der Waals surface area contributed by atoms with Gasteiger partial charge in [-0.3, -0.25) is 9.59 Å². The van der Waals surface area contributed by atoms with Crippen molar-refractivity contribution in [1.29, 1.82) is 0 Å². The van der Waals surface area contributed by atoms with Crippen LogP contribution in [0, 0.1) is 5.82 Å². The van der Waals surface area contributed by atoms with E-state index in [-0.39, 0.29) is 17.6 Å². The first-order valence-electron chi connectivity index (χ1n) is 10.4. The highest BCUT2D eigenvalue weighted by molar-refractivity contribution is 5.93. The van der Waals surface area contributed by atoms with Gasteiger partial charge in [0.15, 0.2) is 0 Å². The highest BCUT2D eigenvalue weighted by atomic mass is 19.1. The molecule has 0 saturated carbocycles. The van der Waals surface area contributed by atoms with Crippen molar-refractivity contribution in [3.8, 4) is 0 Å². The van der Waals surface area contributed by atoms with Crippen LogP contribution in [0.4, 0.5) is 10.1 Å². The second-order valence-corrected chi connectivity index (χ2v) is 7.75. The molecule has 0 aromatic heterocycles. The van der Waals surface area contributed by atoms with Gasteiger partial charge in [0.1, 0.15) is 11.4 Å². The Morgan fingerprint density at radius 3 is 2.79 bits per heavy atom. The third-order valence-electron chi connectivity index (χ3n) is 5.90. The monoisotopic (exact) mass is 390 g/mol. The zero-order chi connectivity index (χ0) is 20.0. The summed E-state index contributed by atoms with van der Waals surface area (Å²) in [7, 11) is 0. The number of nitrogens with zero attached hydrogens (tertiary/aromatic N) is 2. The van der Waals surface area contributed by atoms with Gasteiger partial charge < -0.3 is 20.4 Å². The zero-order valence-electron chi connectivity index (χ0n) is 16.7. The maximum absolute atomic E-state index is 13.7. The van der Waals surface area contributed by atoms with Crippen molar-refractivity contribution in [2.45, 2.75) is 51.0 Å². The SMILES string of the molecule is CCCCCC(=O)NCCN1CCC2(CC1)C(=O)NCN2c1cccc(F)c1. The van der Waals surface area contributed by atoms with Crippen LogP contribution in [0.2, 0.25) is 0 Å². The number of benzene rings is 1. The van der Waals surface area contributed by atoms with Gasteiger partial charge in [-0.2, -0.15) is 0 Å². The molecule has 6 nitrogen and oxygen atoms in total. The number of piperidine rings is 1. The third kappa shape index (κ3) is 4.63. The molecule has 2 N–H and O–H groups in total. The molecule has 1 aromatic carbocycles. The van der Waals surface area contributed by atoms with E-state index in [0.717, 1.165) is 44.6 Å². The first kappa shape index (κ1) is 20.6. The molecule has 2 aliphatic heterocycles. The number of carbonyl (C=O) groups is 2. The van der Waals surface area contributed by atoms with Crippen molar-refractivity contribution in [2.75, 3.05) is 37.7 Å². The molecular weight excluding hydrogens is 359 g/mol. The molecule has 7 heteroatoms. The van der Waals surface area contributed by atoms with E-state index in [1.165, 1.54) is 12.1 Å². The lowest BCUT2D eigenvalue weighted by atomic mass is 9.85. The molecule has 0 unspecified atom stereocenters. The Labute approximate surface area is 166 Å². The predicted octanol–water partition coefficient (Wildman–Crippen LogP) is 2.25. The Balaban J connectivity index is 1.50. The van der Waals surface area contributed by atoms with E-state index < -0.39 is 5.54 Å². The fourth-order valence-corrected chi connectivity index (χ4v) is 4.19. The normalized spacial score (nSPS) is 19.1. The van der Waals surface area contributed by atoms with E-state index in [1.807, 2.05) is 11.0 Å². The molecule has 0 radical (unpaired) electrons. The van der Waals surface area contributed by atoms with Crippen LogP contribution >= 0.6 is 0 Å². The number of halogens is 1. The number of anilines is 1. The van der Waals surface area contributed by atoms with Crippen molar-refractivity contribution in [3.63, 3.8) is 0 Å². The minimum atomic E-state index is -0.603. The van der Waals surface area contributed by atoms with Gasteiger partial charge in [-0.15, -0.1) is 0 Å². The Hall–Kier alpha value is -2.15. The summed E-state index contributed by atoms with van der Waals surface area (Å²) >= 11 is 0. The summed E-state index contributed by atoms with van der Waals surface area (Å²) in [5.41, 5.74) is 0.138. The fourth-order valence-electron chi connectivity index (χ4n) is 4.19. The van der Waals surface area contributed by atoms with Crippen molar-refractivity contribution in [1.82, 2.24) is 15.5 Å². The number of likely N-dealkylation sites (tertiary alicyclic amines) is 1. The largest absolute Gasteiger partial charge is 0.355 e. The first-order valence-corrected chi connectivity index (χ1v) is 10.4. The average Bonchev–Trinajstić information content (AvgIpc) is 3.00. The molecule has 2 saturated heterocycles. The van der Waals surface area contributed by atoms with Crippen LogP contribution in [0.3, 0.4) is 0 Å². The lowest BCUT2D eigenvalue weighted by Gasteiger charge is -2.43. The van der Waals surface area contributed by atoms with Crippen LogP contribution in [-0.2, 0) is 9.59 Å². The third-order valence-corrected chi connectivity index (χ3v) is 5.90. The minimum Gasteiger partial charge on any atom is -0.355 e. The van der Waals surface area contributed by atoms with Crippen LogP contribution in [-0.4, -0.2) is 55.1 Å². The van der Waals surface area contributed by atoms with Crippen molar-refractivity contribution in [2.24, 2.45) is 0 Å². The number of hydrogen-bond donors (Lipinski definition) is 2. The van der Waals surface area contributed by atoms with Gasteiger partial charge in [0, 0.05) is 38.3 Å². The van der Waals surface area contributed by atoms with Crippen LogP contribution in [0.5, 0.6) is 0 Å². The maximum Gasteiger partial charge on any atom is 0.247 e. The fraction of sp³-hybridized carbons (Fsp3) is 0.619. The Morgan fingerprint density at radius 2 is 2.07 bits per heavy atom. The standard InChI is InChI=1S/C21H31FN4O2/c1-2-3-4-8-19(27)23-11-14-25-12-9-21(10-13-25)20(28)24-16-26(21)18-7-5-6-17(22)15-18/h5-7,15H,2-4,8-14,16H2,1H3,(H,23,27)(H,24,28). The molecule has 154 valence electrons. The molecule has 2 amide bonds. The second kappa shape index (κ2) is 9.37. The molecule has 0 aliphatic carbocycles. The van der Waals surface area contributed by atoms with Gasteiger partial charge in [-0.1, -0.05) is 25.8 Å². The number of nitrogens with one attached hydrogen (secondary N) is 2. The van der Waals surface area contributed by atoms with Crippen molar-refractivity contribution < 1.29 is 14.0 Å². The smallest absolute Gasteiger partial charge is 0.247 e. The van der Waals surface area contributed by atoms with Gasteiger partial charge >= 0.3 is 0 Å². The van der Waals surface area contributed by atoms with Gasteiger partial charge in [-0.25, -0.2) is 4.39 Å². The molecule has 0 bridgehead atoms. The Bertz CT molecular complexity index is 689.